The van der Waals surface area contributed by atoms with E-state index in [1.165, 1.54) is 28.9 Å². The van der Waals surface area contributed by atoms with Crippen LogP contribution >= 0.6 is 11.3 Å². The first-order chi connectivity index (χ1) is 14.7. The number of amides is 2. The number of aromatic nitrogens is 1. The Balaban J connectivity index is 1.20. The van der Waals surface area contributed by atoms with Gasteiger partial charge in [0.1, 0.15) is 5.01 Å². The molecule has 2 amide bonds. The van der Waals surface area contributed by atoms with Gasteiger partial charge in [0.2, 0.25) is 11.8 Å². The second-order valence-corrected chi connectivity index (χ2v) is 8.86. The molecule has 0 bridgehead atoms. The number of anilines is 1. The highest BCUT2D eigenvalue weighted by Crippen LogP contribution is 2.30. The highest BCUT2D eigenvalue weighted by atomic mass is 32.1. The fourth-order valence-corrected chi connectivity index (χ4v) is 5.04. The van der Waals surface area contributed by atoms with Gasteiger partial charge in [-0.3, -0.25) is 9.59 Å². The van der Waals surface area contributed by atoms with E-state index >= 15 is 0 Å². The first-order valence-corrected chi connectivity index (χ1v) is 11.2. The van der Waals surface area contributed by atoms with Crippen molar-refractivity contribution in [2.24, 2.45) is 5.92 Å². The van der Waals surface area contributed by atoms with Gasteiger partial charge >= 0.3 is 0 Å². The van der Waals surface area contributed by atoms with E-state index in [-0.39, 0.29) is 24.2 Å². The van der Waals surface area contributed by atoms with Crippen LogP contribution in [0.4, 0.5) is 5.69 Å². The zero-order valence-corrected chi connectivity index (χ0v) is 17.5. The third-order valence-electron chi connectivity index (χ3n) is 5.92. The maximum absolute atomic E-state index is 12.7. The molecular formula is C24H23N3O2S. The zero-order chi connectivity index (χ0) is 20.5. The summed E-state index contributed by atoms with van der Waals surface area (Å²) in [6, 6.07) is 16.3. The molecule has 1 saturated heterocycles. The Kier molecular flexibility index (Phi) is 5.09. The van der Waals surface area contributed by atoms with Crippen molar-refractivity contribution >= 4 is 28.8 Å². The summed E-state index contributed by atoms with van der Waals surface area (Å²) in [6.45, 7) is 0.830. The molecular weight excluding hydrogens is 394 g/mol. The summed E-state index contributed by atoms with van der Waals surface area (Å²) in [5.74, 6) is -0.378. The van der Waals surface area contributed by atoms with Crippen LogP contribution in [0.5, 0.6) is 0 Å². The number of benzene rings is 2. The lowest BCUT2D eigenvalue weighted by Crippen LogP contribution is -2.32. The number of nitrogens with one attached hydrogen (secondary N) is 1. The molecule has 1 aliphatic carbocycles. The lowest BCUT2D eigenvalue weighted by Gasteiger charge is -2.18. The van der Waals surface area contributed by atoms with E-state index < -0.39 is 0 Å². The van der Waals surface area contributed by atoms with E-state index in [2.05, 4.69) is 22.4 Å². The van der Waals surface area contributed by atoms with E-state index in [0.717, 1.165) is 34.8 Å². The van der Waals surface area contributed by atoms with E-state index in [1.807, 2.05) is 41.8 Å². The second kappa shape index (κ2) is 8.03. The highest BCUT2D eigenvalue weighted by molar-refractivity contribution is 7.09. The molecule has 1 fully saturated rings. The Bertz CT molecular complexity index is 1090. The van der Waals surface area contributed by atoms with Crippen molar-refractivity contribution in [3.8, 4) is 11.3 Å². The Morgan fingerprint density at radius 2 is 1.97 bits per heavy atom. The van der Waals surface area contributed by atoms with Crippen LogP contribution in [0.2, 0.25) is 0 Å². The molecule has 5 nitrogen and oxygen atoms in total. The molecule has 0 spiro atoms. The maximum Gasteiger partial charge on any atom is 0.227 e. The molecule has 0 radical (unpaired) electrons. The van der Waals surface area contributed by atoms with Crippen molar-refractivity contribution in [3.05, 3.63) is 70.0 Å². The van der Waals surface area contributed by atoms with Gasteiger partial charge in [-0.15, -0.1) is 11.3 Å². The SMILES string of the molecule is O=C(NCc1nc(-c2ccccc2)cs1)[C@@H]1CC(=O)N(c2ccc3c(c2)CCC3)C1. The average molecular weight is 418 g/mol. The number of rotatable bonds is 5. The Morgan fingerprint density at radius 1 is 1.13 bits per heavy atom. The predicted octanol–water partition coefficient (Wildman–Crippen LogP) is 3.97. The van der Waals surface area contributed by atoms with Crippen molar-refractivity contribution in [3.63, 3.8) is 0 Å². The van der Waals surface area contributed by atoms with Crippen LogP contribution in [-0.4, -0.2) is 23.3 Å². The average Bonchev–Trinajstić information content (AvgIpc) is 3.51. The fraction of sp³-hybridized carbons (Fsp3) is 0.292. The summed E-state index contributed by atoms with van der Waals surface area (Å²) in [7, 11) is 0. The third-order valence-corrected chi connectivity index (χ3v) is 6.77. The van der Waals surface area contributed by atoms with Crippen LogP contribution in [0.15, 0.2) is 53.9 Å². The van der Waals surface area contributed by atoms with E-state index in [9.17, 15) is 9.59 Å². The maximum atomic E-state index is 12.7. The Morgan fingerprint density at radius 3 is 2.83 bits per heavy atom. The van der Waals surface area contributed by atoms with Crippen LogP contribution in [0, 0.1) is 5.92 Å². The number of nitrogens with zero attached hydrogens (tertiary/aromatic N) is 2. The number of aryl methyl sites for hydroxylation is 2. The third kappa shape index (κ3) is 3.75. The molecule has 152 valence electrons. The molecule has 5 rings (SSSR count). The van der Waals surface area contributed by atoms with E-state index in [0.29, 0.717) is 13.1 Å². The summed E-state index contributed by atoms with van der Waals surface area (Å²) < 4.78 is 0. The molecule has 0 saturated carbocycles. The van der Waals surface area contributed by atoms with Gasteiger partial charge in [-0.25, -0.2) is 4.98 Å². The summed E-state index contributed by atoms with van der Waals surface area (Å²) in [4.78, 5) is 31.6. The second-order valence-electron chi connectivity index (χ2n) is 7.92. The minimum Gasteiger partial charge on any atom is -0.349 e. The molecule has 1 atom stereocenters. The van der Waals surface area contributed by atoms with E-state index in [1.54, 1.807) is 4.90 Å². The lowest BCUT2D eigenvalue weighted by atomic mass is 10.1. The number of hydrogen-bond donors (Lipinski definition) is 1. The van der Waals surface area contributed by atoms with Gasteiger partial charge in [0, 0.05) is 29.6 Å². The predicted molar refractivity (Wildman–Crippen MR) is 118 cm³/mol. The van der Waals surface area contributed by atoms with Crippen LogP contribution in [0.25, 0.3) is 11.3 Å². The number of thiazole rings is 1. The number of carbonyl (C=O) groups excluding carboxylic acids is 2. The van der Waals surface area contributed by atoms with E-state index in [4.69, 9.17) is 0 Å². The van der Waals surface area contributed by atoms with Gasteiger partial charge in [0.25, 0.3) is 0 Å². The minimum absolute atomic E-state index is 0.0220. The molecule has 1 N–H and O–H groups in total. The van der Waals surface area contributed by atoms with Crippen molar-refractivity contribution < 1.29 is 9.59 Å². The van der Waals surface area contributed by atoms with Crippen LogP contribution in [0.1, 0.15) is 29.0 Å². The van der Waals surface area contributed by atoms with Gasteiger partial charge in [-0.1, -0.05) is 36.4 Å². The van der Waals surface area contributed by atoms with Crippen LogP contribution in [-0.2, 0) is 29.0 Å². The standard InChI is InChI=1S/C24H23N3O2S/c28-23-12-19(14-27(23)20-10-9-16-7-4-8-18(16)11-20)24(29)25-13-22-26-21(15-30-22)17-5-2-1-3-6-17/h1-3,5-6,9-11,15,19H,4,7-8,12-14H2,(H,25,29)/t19-/m1/s1. The molecule has 2 aliphatic rings. The van der Waals surface area contributed by atoms with Crippen LogP contribution in [0.3, 0.4) is 0 Å². The summed E-state index contributed by atoms with van der Waals surface area (Å²) in [5.41, 5.74) is 5.63. The van der Waals surface area contributed by atoms with Crippen LogP contribution < -0.4 is 10.2 Å². The molecule has 30 heavy (non-hydrogen) atoms. The Hall–Kier alpha value is -2.99. The number of carbonyl (C=O) groups is 2. The van der Waals surface area contributed by atoms with Gasteiger partial charge in [0.15, 0.2) is 0 Å². The smallest absolute Gasteiger partial charge is 0.227 e. The zero-order valence-electron chi connectivity index (χ0n) is 16.6. The molecule has 1 aromatic heterocycles. The number of hydrogen-bond acceptors (Lipinski definition) is 4. The first kappa shape index (κ1) is 19.0. The molecule has 2 heterocycles. The molecule has 0 unspecified atom stereocenters. The van der Waals surface area contributed by atoms with Gasteiger partial charge in [-0.05, 0) is 42.5 Å². The van der Waals surface area contributed by atoms with Crippen molar-refractivity contribution in [1.82, 2.24) is 10.3 Å². The Labute approximate surface area is 179 Å². The summed E-state index contributed by atoms with van der Waals surface area (Å²) in [6.07, 6.45) is 3.64. The lowest BCUT2D eigenvalue weighted by molar-refractivity contribution is -0.126. The van der Waals surface area contributed by atoms with Crippen molar-refractivity contribution in [1.29, 1.82) is 0 Å². The largest absolute Gasteiger partial charge is 0.349 e. The molecule has 2 aromatic carbocycles. The van der Waals surface area contributed by atoms with Gasteiger partial charge < -0.3 is 10.2 Å². The van der Waals surface area contributed by atoms with Crippen molar-refractivity contribution in [2.75, 3.05) is 11.4 Å². The molecule has 1 aliphatic heterocycles. The monoisotopic (exact) mass is 417 g/mol. The topological polar surface area (TPSA) is 62.3 Å². The molecule has 6 heteroatoms. The quantitative estimate of drug-likeness (QED) is 0.683. The highest BCUT2D eigenvalue weighted by Gasteiger charge is 2.35. The van der Waals surface area contributed by atoms with Gasteiger partial charge in [0.05, 0.1) is 18.2 Å². The summed E-state index contributed by atoms with van der Waals surface area (Å²) in [5, 5.41) is 5.84. The van der Waals surface area contributed by atoms with Gasteiger partial charge in [-0.2, -0.15) is 0 Å². The number of fused-ring (bicyclic) bond motifs is 1. The van der Waals surface area contributed by atoms with Crippen molar-refractivity contribution in [2.45, 2.75) is 32.2 Å². The summed E-state index contributed by atoms with van der Waals surface area (Å²) >= 11 is 1.54. The molecule has 3 aromatic rings. The minimum atomic E-state index is -0.320. The fourth-order valence-electron chi connectivity index (χ4n) is 4.30. The first-order valence-electron chi connectivity index (χ1n) is 10.4. The normalized spacial score (nSPS) is 17.9.